The highest BCUT2D eigenvalue weighted by Gasteiger charge is 2.23. The van der Waals surface area contributed by atoms with E-state index in [9.17, 15) is 9.59 Å². The normalized spacial score (nSPS) is 10.6. The lowest BCUT2D eigenvalue weighted by Gasteiger charge is -2.18. The van der Waals surface area contributed by atoms with Crippen molar-refractivity contribution in [3.8, 4) is 5.75 Å². The number of thiophene rings is 1. The molecule has 0 saturated carbocycles. The standard InChI is InChI=1S/C15H17NO3S/c1-4-16(5-2)15(18)14-13(19-10(3)17)11-8-6-7-9-12(11)20-14/h6-9H,4-5H2,1-3H3. The van der Waals surface area contributed by atoms with E-state index in [1.807, 2.05) is 38.1 Å². The van der Waals surface area contributed by atoms with Crippen molar-refractivity contribution in [2.45, 2.75) is 20.8 Å². The number of ether oxygens (including phenoxy) is 1. The van der Waals surface area contributed by atoms with Crippen LogP contribution in [0.3, 0.4) is 0 Å². The van der Waals surface area contributed by atoms with E-state index in [0.29, 0.717) is 23.7 Å². The number of carbonyl (C=O) groups excluding carboxylic acids is 2. The Morgan fingerprint density at radius 3 is 2.45 bits per heavy atom. The maximum absolute atomic E-state index is 12.5. The van der Waals surface area contributed by atoms with Crippen molar-refractivity contribution in [2.75, 3.05) is 13.1 Å². The van der Waals surface area contributed by atoms with Crippen LogP contribution < -0.4 is 4.74 Å². The maximum Gasteiger partial charge on any atom is 0.308 e. The van der Waals surface area contributed by atoms with E-state index >= 15 is 0 Å². The zero-order chi connectivity index (χ0) is 14.7. The number of nitrogens with zero attached hydrogens (tertiary/aromatic N) is 1. The molecule has 0 spiro atoms. The summed E-state index contributed by atoms with van der Waals surface area (Å²) in [6.45, 7) is 6.46. The molecular weight excluding hydrogens is 274 g/mol. The fourth-order valence-corrected chi connectivity index (χ4v) is 3.16. The van der Waals surface area contributed by atoms with Crippen molar-refractivity contribution in [3.63, 3.8) is 0 Å². The van der Waals surface area contributed by atoms with Gasteiger partial charge in [0.25, 0.3) is 5.91 Å². The molecule has 0 fully saturated rings. The number of amides is 1. The van der Waals surface area contributed by atoms with E-state index < -0.39 is 5.97 Å². The smallest absolute Gasteiger partial charge is 0.308 e. The maximum atomic E-state index is 12.5. The first-order chi connectivity index (χ1) is 9.58. The molecule has 0 aliphatic heterocycles. The number of fused-ring (bicyclic) bond motifs is 1. The zero-order valence-corrected chi connectivity index (χ0v) is 12.6. The van der Waals surface area contributed by atoms with E-state index in [1.165, 1.54) is 18.3 Å². The fraction of sp³-hybridized carbons (Fsp3) is 0.333. The molecule has 0 N–H and O–H groups in total. The Kier molecular flexibility index (Phi) is 4.39. The van der Waals surface area contributed by atoms with Gasteiger partial charge in [-0.2, -0.15) is 0 Å². The molecule has 4 nitrogen and oxygen atoms in total. The van der Waals surface area contributed by atoms with Crippen molar-refractivity contribution in [2.24, 2.45) is 0 Å². The summed E-state index contributed by atoms with van der Waals surface area (Å²) in [5.41, 5.74) is 0. The highest BCUT2D eigenvalue weighted by atomic mass is 32.1. The average molecular weight is 291 g/mol. The van der Waals surface area contributed by atoms with Crippen molar-refractivity contribution >= 4 is 33.3 Å². The van der Waals surface area contributed by atoms with Gasteiger partial charge < -0.3 is 9.64 Å². The second-order valence-electron chi connectivity index (χ2n) is 4.33. The molecule has 0 atom stereocenters. The Balaban J connectivity index is 2.56. The van der Waals surface area contributed by atoms with Gasteiger partial charge in [0.2, 0.25) is 0 Å². The molecule has 1 aromatic heterocycles. The van der Waals surface area contributed by atoms with Crippen LogP contribution in [-0.4, -0.2) is 29.9 Å². The van der Waals surface area contributed by atoms with Gasteiger partial charge in [0.05, 0.1) is 0 Å². The predicted molar refractivity (Wildman–Crippen MR) is 80.4 cm³/mol. The number of rotatable bonds is 4. The minimum Gasteiger partial charge on any atom is -0.424 e. The predicted octanol–water partition coefficient (Wildman–Crippen LogP) is 3.31. The van der Waals surface area contributed by atoms with E-state index in [1.54, 1.807) is 4.90 Å². The monoisotopic (exact) mass is 291 g/mol. The lowest BCUT2D eigenvalue weighted by atomic mass is 10.2. The van der Waals surface area contributed by atoms with E-state index in [4.69, 9.17) is 4.74 Å². The Bertz CT molecular complexity index is 644. The molecule has 106 valence electrons. The summed E-state index contributed by atoms with van der Waals surface area (Å²) in [5.74, 6) is -0.121. The third kappa shape index (κ3) is 2.67. The molecule has 5 heteroatoms. The topological polar surface area (TPSA) is 46.6 Å². The minimum absolute atomic E-state index is 0.0903. The van der Waals surface area contributed by atoms with Crippen molar-refractivity contribution in [1.29, 1.82) is 0 Å². The second-order valence-corrected chi connectivity index (χ2v) is 5.38. The van der Waals surface area contributed by atoms with Gasteiger partial charge in [-0.05, 0) is 26.0 Å². The van der Waals surface area contributed by atoms with Gasteiger partial charge in [0, 0.05) is 30.1 Å². The van der Waals surface area contributed by atoms with Crippen LogP contribution in [0.5, 0.6) is 5.75 Å². The SMILES string of the molecule is CCN(CC)C(=O)c1sc2ccccc2c1OC(C)=O. The van der Waals surface area contributed by atoms with Crippen LogP contribution in [0.15, 0.2) is 24.3 Å². The summed E-state index contributed by atoms with van der Waals surface area (Å²) in [6.07, 6.45) is 0. The van der Waals surface area contributed by atoms with Crippen LogP contribution >= 0.6 is 11.3 Å². The number of carbonyl (C=O) groups is 2. The number of hydrogen-bond acceptors (Lipinski definition) is 4. The summed E-state index contributed by atoms with van der Waals surface area (Å²) in [5, 5.41) is 0.809. The molecule has 0 aliphatic rings. The zero-order valence-electron chi connectivity index (χ0n) is 11.8. The third-order valence-electron chi connectivity index (χ3n) is 3.04. The van der Waals surface area contributed by atoms with Crippen molar-refractivity contribution < 1.29 is 14.3 Å². The lowest BCUT2D eigenvalue weighted by molar-refractivity contribution is -0.131. The van der Waals surface area contributed by atoms with Crippen molar-refractivity contribution in [1.82, 2.24) is 4.90 Å². The largest absolute Gasteiger partial charge is 0.424 e. The van der Waals surface area contributed by atoms with Gasteiger partial charge >= 0.3 is 5.97 Å². The lowest BCUT2D eigenvalue weighted by Crippen LogP contribution is -2.30. The van der Waals surface area contributed by atoms with Gasteiger partial charge in [0.1, 0.15) is 4.88 Å². The van der Waals surface area contributed by atoms with Gasteiger partial charge in [-0.15, -0.1) is 11.3 Å². The summed E-state index contributed by atoms with van der Waals surface area (Å²) >= 11 is 1.36. The molecule has 1 aromatic carbocycles. The first-order valence-corrected chi connectivity index (χ1v) is 7.39. The van der Waals surface area contributed by atoms with E-state index in [-0.39, 0.29) is 5.91 Å². The third-order valence-corrected chi connectivity index (χ3v) is 4.18. The van der Waals surface area contributed by atoms with Crippen LogP contribution in [-0.2, 0) is 4.79 Å². The second kappa shape index (κ2) is 6.05. The average Bonchev–Trinajstić information content (AvgIpc) is 2.78. The molecule has 0 saturated heterocycles. The number of esters is 1. The molecule has 2 aromatic rings. The summed E-state index contributed by atoms with van der Waals surface area (Å²) in [7, 11) is 0. The number of hydrogen-bond donors (Lipinski definition) is 0. The van der Waals surface area contributed by atoms with E-state index in [0.717, 1.165) is 10.1 Å². The molecule has 1 heterocycles. The first kappa shape index (κ1) is 14.5. The molecular formula is C15H17NO3S. The van der Waals surface area contributed by atoms with Crippen LogP contribution in [0.2, 0.25) is 0 Å². The van der Waals surface area contributed by atoms with Crippen LogP contribution in [0, 0.1) is 0 Å². The highest BCUT2D eigenvalue weighted by Crippen LogP contribution is 2.38. The summed E-state index contributed by atoms with van der Waals surface area (Å²) in [6, 6.07) is 7.56. The molecule has 0 aliphatic carbocycles. The number of benzene rings is 1. The Morgan fingerprint density at radius 1 is 1.20 bits per heavy atom. The summed E-state index contributed by atoms with van der Waals surface area (Å²) in [4.78, 5) is 26.0. The molecule has 0 bridgehead atoms. The molecule has 0 unspecified atom stereocenters. The van der Waals surface area contributed by atoms with Crippen LogP contribution in [0.4, 0.5) is 0 Å². The van der Waals surface area contributed by atoms with Gasteiger partial charge in [-0.25, -0.2) is 0 Å². The molecule has 1 amide bonds. The molecule has 20 heavy (non-hydrogen) atoms. The minimum atomic E-state index is -0.415. The van der Waals surface area contributed by atoms with Crippen LogP contribution in [0.25, 0.3) is 10.1 Å². The Labute approximate surface area is 122 Å². The fourth-order valence-electron chi connectivity index (χ4n) is 2.06. The molecule has 2 rings (SSSR count). The summed E-state index contributed by atoms with van der Waals surface area (Å²) < 4.78 is 6.23. The highest BCUT2D eigenvalue weighted by molar-refractivity contribution is 7.21. The van der Waals surface area contributed by atoms with Gasteiger partial charge in [-0.1, -0.05) is 12.1 Å². The first-order valence-electron chi connectivity index (χ1n) is 6.57. The Hall–Kier alpha value is -1.88. The quantitative estimate of drug-likeness (QED) is 0.812. The Morgan fingerprint density at radius 2 is 1.85 bits per heavy atom. The van der Waals surface area contributed by atoms with Crippen LogP contribution in [0.1, 0.15) is 30.4 Å². The van der Waals surface area contributed by atoms with Gasteiger partial charge in [-0.3, -0.25) is 9.59 Å². The van der Waals surface area contributed by atoms with E-state index in [2.05, 4.69) is 0 Å². The van der Waals surface area contributed by atoms with Gasteiger partial charge in [0.15, 0.2) is 5.75 Å². The van der Waals surface area contributed by atoms with Crippen molar-refractivity contribution in [3.05, 3.63) is 29.1 Å². The molecule has 0 radical (unpaired) electrons.